The van der Waals surface area contributed by atoms with Gasteiger partial charge in [-0.2, -0.15) is 0 Å². The molecule has 1 aromatic rings. The van der Waals surface area contributed by atoms with E-state index in [0.29, 0.717) is 6.04 Å². The van der Waals surface area contributed by atoms with Gasteiger partial charge in [-0.15, -0.1) is 0 Å². The molecule has 2 aliphatic rings. The zero-order chi connectivity index (χ0) is 14.9. The van der Waals surface area contributed by atoms with Crippen molar-refractivity contribution in [2.24, 2.45) is 5.92 Å². The van der Waals surface area contributed by atoms with Gasteiger partial charge in [0.05, 0.1) is 5.41 Å². The maximum Gasteiger partial charge on any atom is 0.230 e. The lowest BCUT2D eigenvalue weighted by atomic mass is 9.63. The predicted octanol–water partition coefficient (Wildman–Crippen LogP) is 4.11. The highest BCUT2D eigenvalue weighted by atomic mass is 16.2. The van der Waals surface area contributed by atoms with Crippen LogP contribution in [0.1, 0.15) is 63.0 Å². The van der Waals surface area contributed by atoms with Gasteiger partial charge in [-0.3, -0.25) is 4.79 Å². The summed E-state index contributed by atoms with van der Waals surface area (Å²) in [6.45, 7) is 4.43. The van der Waals surface area contributed by atoms with Gasteiger partial charge in [0, 0.05) is 6.04 Å². The van der Waals surface area contributed by atoms with E-state index in [0.717, 1.165) is 31.6 Å². The lowest BCUT2D eigenvalue weighted by molar-refractivity contribution is -0.131. The molecule has 0 spiro atoms. The standard InChI is InChI=1S/C19H27NO/c1-14-7-9-17(10-8-14)20-18(21)19(11-4-12-19)16-6-3-5-15(2)13-16/h3,5-6,13-14,17H,4,7-12H2,1-2H3,(H,20,21). The summed E-state index contributed by atoms with van der Waals surface area (Å²) < 4.78 is 0. The van der Waals surface area contributed by atoms with Crippen LogP contribution in [0.4, 0.5) is 0 Å². The second-order valence-electron chi connectivity index (χ2n) is 7.24. The van der Waals surface area contributed by atoms with Crippen molar-refractivity contribution in [3.63, 3.8) is 0 Å². The molecule has 21 heavy (non-hydrogen) atoms. The second-order valence-corrected chi connectivity index (χ2v) is 7.24. The lowest BCUT2D eigenvalue weighted by Gasteiger charge is -2.42. The summed E-state index contributed by atoms with van der Waals surface area (Å²) in [5.41, 5.74) is 2.23. The van der Waals surface area contributed by atoms with E-state index in [1.807, 2.05) is 0 Å². The minimum Gasteiger partial charge on any atom is -0.353 e. The van der Waals surface area contributed by atoms with Gasteiger partial charge >= 0.3 is 0 Å². The van der Waals surface area contributed by atoms with Crippen LogP contribution in [0.3, 0.4) is 0 Å². The average Bonchev–Trinajstić information content (AvgIpc) is 2.40. The molecule has 0 aromatic heterocycles. The average molecular weight is 285 g/mol. The van der Waals surface area contributed by atoms with E-state index < -0.39 is 0 Å². The first-order valence-electron chi connectivity index (χ1n) is 8.48. The molecule has 1 amide bonds. The second kappa shape index (κ2) is 5.82. The molecule has 2 heteroatoms. The van der Waals surface area contributed by atoms with Gasteiger partial charge in [0.15, 0.2) is 0 Å². The third-order valence-corrected chi connectivity index (χ3v) is 5.56. The number of amides is 1. The molecule has 0 atom stereocenters. The summed E-state index contributed by atoms with van der Waals surface area (Å²) in [6.07, 6.45) is 7.98. The van der Waals surface area contributed by atoms with Crippen LogP contribution in [-0.2, 0) is 10.2 Å². The third kappa shape index (κ3) is 2.86. The van der Waals surface area contributed by atoms with E-state index >= 15 is 0 Å². The summed E-state index contributed by atoms with van der Waals surface area (Å²) in [5, 5.41) is 3.36. The highest BCUT2D eigenvalue weighted by Gasteiger charge is 2.46. The zero-order valence-electron chi connectivity index (χ0n) is 13.3. The SMILES string of the molecule is Cc1cccc(C2(C(=O)NC3CCC(C)CC3)CCC2)c1. The van der Waals surface area contributed by atoms with Crippen LogP contribution >= 0.6 is 0 Å². The Kier molecular flexibility index (Phi) is 4.05. The smallest absolute Gasteiger partial charge is 0.230 e. The Hall–Kier alpha value is -1.31. The van der Waals surface area contributed by atoms with Crippen molar-refractivity contribution < 1.29 is 4.79 Å². The Morgan fingerprint density at radius 1 is 1.19 bits per heavy atom. The number of carbonyl (C=O) groups excluding carboxylic acids is 1. The number of aryl methyl sites for hydroxylation is 1. The molecular weight excluding hydrogens is 258 g/mol. The van der Waals surface area contributed by atoms with Crippen LogP contribution < -0.4 is 5.32 Å². The molecule has 1 N–H and O–H groups in total. The van der Waals surface area contributed by atoms with Crippen LogP contribution in [0.15, 0.2) is 24.3 Å². The normalized spacial score (nSPS) is 27.7. The third-order valence-electron chi connectivity index (χ3n) is 5.56. The Bertz CT molecular complexity index is 510. The van der Waals surface area contributed by atoms with E-state index in [-0.39, 0.29) is 11.3 Å². The molecule has 2 fully saturated rings. The Morgan fingerprint density at radius 2 is 1.90 bits per heavy atom. The van der Waals surface area contributed by atoms with E-state index in [4.69, 9.17) is 0 Å². The van der Waals surface area contributed by atoms with E-state index in [1.54, 1.807) is 0 Å². The topological polar surface area (TPSA) is 29.1 Å². The van der Waals surface area contributed by atoms with Gasteiger partial charge in [0.1, 0.15) is 0 Å². The molecule has 3 rings (SSSR count). The first-order valence-corrected chi connectivity index (χ1v) is 8.48. The summed E-state index contributed by atoms with van der Waals surface area (Å²) in [7, 11) is 0. The first-order chi connectivity index (χ1) is 10.1. The highest BCUT2D eigenvalue weighted by Crippen LogP contribution is 2.44. The largest absolute Gasteiger partial charge is 0.353 e. The van der Waals surface area contributed by atoms with Crippen molar-refractivity contribution >= 4 is 5.91 Å². The van der Waals surface area contributed by atoms with E-state index in [1.165, 1.54) is 30.4 Å². The molecule has 0 radical (unpaired) electrons. The number of hydrogen-bond donors (Lipinski definition) is 1. The van der Waals surface area contributed by atoms with Crippen LogP contribution in [0, 0.1) is 12.8 Å². The number of rotatable bonds is 3. The molecule has 114 valence electrons. The van der Waals surface area contributed by atoms with Crippen molar-refractivity contribution in [3.8, 4) is 0 Å². The fraction of sp³-hybridized carbons (Fsp3) is 0.632. The van der Waals surface area contributed by atoms with Crippen LogP contribution in [0.25, 0.3) is 0 Å². The van der Waals surface area contributed by atoms with Crippen LogP contribution in [0.2, 0.25) is 0 Å². The van der Waals surface area contributed by atoms with Gasteiger partial charge in [-0.05, 0) is 56.9 Å². The fourth-order valence-electron chi connectivity index (χ4n) is 3.85. The first kappa shape index (κ1) is 14.6. The highest BCUT2D eigenvalue weighted by molar-refractivity contribution is 5.89. The van der Waals surface area contributed by atoms with Gasteiger partial charge in [0.2, 0.25) is 5.91 Å². The van der Waals surface area contributed by atoms with Crippen molar-refractivity contribution in [1.82, 2.24) is 5.32 Å². The summed E-state index contributed by atoms with van der Waals surface area (Å²) in [5.74, 6) is 1.10. The molecule has 0 unspecified atom stereocenters. The quantitative estimate of drug-likeness (QED) is 0.889. The van der Waals surface area contributed by atoms with E-state index in [2.05, 4.69) is 43.4 Å². The summed E-state index contributed by atoms with van der Waals surface area (Å²) in [6, 6.07) is 8.92. The molecule has 0 aliphatic heterocycles. The molecule has 0 bridgehead atoms. The Balaban J connectivity index is 1.72. The van der Waals surface area contributed by atoms with Crippen molar-refractivity contribution in [2.75, 3.05) is 0 Å². The maximum atomic E-state index is 12.9. The molecule has 2 nitrogen and oxygen atoms in total. The van der Waals surface area contributed by atoms with Crippen molar-refractivity contribution in [3.05, 3.63) is 35.4 Å². The molecular formula is C19H27NO. The van der Waals surface area contributed by atoms with Crippen molar-refractivity contribution in [1.29, 1.82) is 0 Å². The maximum absolute atomic E-state index is 12.9. The van der Waals surface area contributed by atoms with Crippen molar-refractivity contribution in [2.45, 2.75) is 70.3 Å². The van der Waals surface area contributed by atoms with Gasteiger partial charge in [0.25, 0.3) is 0 Å². The fourth-order valence-corrected chi connectivity index (χ4v) is 3.85. The molecule has 2 aliphatic carbocycles. The molecule has 0 saturated heterocycles. The number of carbonyl (C=O) groups is 1. The lowest BCUT2D eigenvalue weighted by Crippen LogP contribution is -2.52. The predicted molar refractivity (Wildman–Crippen MR) is 86.3 cm³/mol. The Morgan fingerprint density at radius 3 is 2.48 bits per heavy atom. The minimum atomic E-state index is -0.241. The van der Waals surface area contributed by atoms with Gasteiger partial charge in [-0.1, -0.05) is 43.2 Å². The number of nitrogens with one attached hydrogen (secondary N) is 1. The van der Waals surface area contributed by atoms with Gasteiger partial charge < -0.3 is 5.32 Å². The zero-order valence-corrected chi connectivity index (χ0v) is 13.3. The minimum absolute atomic E-state index is 0.241. The number of hydrogen-bond acceptors (Lipinski definition) is 1. The number of benzene rings is 1. The van der Waals surface area contributed by atoms with E-state index in [9.17, 15) is 4.79 Å². The Labute approximate surface area is 128 Å². The summed E-state index contributed by atoms with van der Waals surface area (Å²) >= 11 is 0. The van der Waals surface area contributed by atoms with Crippen LogP contribution in [0.5, 0.6) is 0 Å². The summed E-state index contributed by atoms with van der Waals surface area (Å²) in [4.78, 5) is 12.9. The molecule has 1 aromatic carbocycles. The molecule has 2 saturated carbocycles. The van der Waals surface area contributed by atoms with Gasteiger partial charge in [-0.25, -0.2) is 0 Å². The monoisotopic (exact) mass is 285 g/mol. The van der Waals surface area contributed by atoms with Crippen LogP contribution in [-0.4, -0.2) is 11.9 Å². The molecule has 0 heterocycles.